The van der Waals surface area contributed by atoms with Gasteiger partial charge in [-0.05, 0) is 39.0 Å². The molecule has 14 heavy (non-hydrogen) atoms. The summed E-state index contributed by atoms with van der Waals surface area (Å²) in [5, 5.41) is 0. The van der Waals surface area contributed by atoms with E-state index in [1.807, 2.05) is 0 Å². The molecule has 1 nitrogen and oxygen atoms in total. The van der Waals surface area contributed by atoms with E-state index in [0.717, 1.165) is 0 Å². The smallest absolute Gasteiger partial charge is 0.0857 e. The van der Waals surface area contributed by atoms with Gasteiger partial charge in [-0.2, -0.15) is 0 Å². The van der Waals surface area contributed by atoms with Crippen LogP contribution in [0.3, 0.4) is 0 Å². The molecule has 0 saturated heterocycles. The lowest BCUT2D eigenvalue weighted by atomic mass is 10.4. The quantitative estimate of drug-likeness (QED) is 0.585. The van der Waals surface area contributed by atoms with Gasteiger partial charge in [-0.15, -0.1) is 0 Å². The lowest BCUT2D eigenvalue weighted by molar-refractivity contribution is 0.314. The standard InChI is InChI=1S/C12H27NSi/c1-6-9-13(10-7-2)12-14(4,5)11-8-3/h8,11H,6-7,9-10,12H2,1-5H3/b11-8-. The molecule has 0 N–H and O–H groups in total. The normalized spacial score (nSPS) is 13.0. The van der Waals surface area contributed by atoms with Crippen molar-refractivity contribution in [2.24, 2.45) is 0 Å². The Morgan fingerprint density at radius 2 is 1.57 bits per heavy atom. The second-order valence-electron chi connectivity index (χ2n) is 4.76. The Hall–Kier alpha value is -0.0831. The Bertz CT molecular complexity index is 158. The number of allylic oxidation sites excluding steroid dienone is 1. The summed E-state index contributed by atoms with van der Waals surface area (Å²) >= 11 is 0. The first-order valence-corrected chi connectivity index (χ1v) is 9.20. The Balaban J connectivity index is 4.12. The minimum absolute atomic E-state index is 1.10. The SMILES string of the molecule is C/C=C\[Si](C)(C)CN(CCC)CCC. The van der Waals surface area contributed by atoms with Gasteiger partial charge in [0.2, 0.25) is 0 Å². The molecule has 0 saturated carbocycles. The molecule has 0 fully saturated rings. The molecule has 0 aromatic heterocycles. The summed E-state index contributed by atoms with van der Waals surface area (Å²) in [5.74, 6) is 0. The third-order valence-electron chi connectivity index (χ3n) is 2.33. The molecule has 0 spiro atoms. The van der Waals surface area contributed by atoms with Crippen LogP contribution in [0.1, 0.15) is 33.6 Å². The average Bonchev–Trinajstić information content (AvgIpc) is 2.03. The number of hydrogen-bond donors (Lipinski definition) is 0. The number of hydrogen-bond acceptors (Lipinski definition) is 1. The van der Waals surface area contributed by atoms with Crippen molar-refractivity contribution in [3.05, 3.63) is 11.8 Å². The highest BCUT2D eigenvalue weighted by molar-refractivity contribution is 6.82. The van der Waals surface area contributed by atoms with E-state index >= 15 is 0 Å². The summed E-state index contributed by atoms with van der Waals surface area (Å²) in [4.78, 5) is 2.63. The van der Waals surface area contributed by atoms with Gasteiger partial charge in [0.15, 0.2) is 0 Å². The lowest BCUT2D eigenvalue weighted by Gasteiger charge is -2.28. The van der Waals surface area contributed by atoms with E-state index in [-0.39, 0.29) is 0 Å². The van der Waals surface area contributed by atoms with Crippen molar-refractivity contribution < 1.29 is 0 Å². The van der Waals surface area contributed by atoms with Crippen molar-refractivity contribution >= 4 is 8.07 Å². The zero-order chi connectivity index (χ0) is 11.0. The second kappa shape index (κ2) is 7.24. The highest BCUT2D eigenvalue weighted by Crippen LogP contribution is 2.08. The van der Waals surface area contributed by atoms with Gasteiger partial charge in [-0.3, -0.25) is 0 Å². The summed E-state index contributed by atoms with van der Waals surface area (Å²) in [7, 11) is -1.10. The van der Waals surface area contributed by atoms with E-state index in [9.17, 15) is 0 Å². The predicted molar refractivity (Wildman–Crippen MR) is 69.3 cm³/mol. The second-order valence-corrected chi connectivity index (χ2v) is 9.39. The summed E-state index contributed by atoms with van der Waals surface area (Å²) in [6.45, 7) is 14.1. The van der Waals surface area contributed by atoms with Crippen molar-refractivity contribution in [1.82, 2.24) is 4.90 Å². The third kappa shape index (κ3) is 6.38. The van der Waals surface area contributed by atoms with Gasteiger partial charge >= 0.3 is 0 Å². The molecule has 0 aromatic rings. The van der Waals surface area contributed by atoms with Crippen LogP contribution < -0.4 is 0 Å². The fourth-order valence-corrected chi connectivity index (χ4v) is 4.46. The average molecular weight is 213 g/mol. The maximum Gasteiger partial charge on any atom is 0.0857 e. The van der Waals surface area contributed by atoms with Gasteiger partial charge in [-0.25, -0.2) is 0 Å². The Morgan fingerprint density at radius 1 is 1.07 bits per heavy atom. The van der Waals surface area contributed by atoms with Crippen LogP contribution in [0.4, 0.5) is 0 Å². The Kier molecular flexibility index (Phi) is 7.20. The van der Waals surface area contributed by atoms with Crippen molar-refractivity contribution in [2.45, 2.75) is 46.7 Å². The van der Waals surface area contributed by atoms with E-state index in [1.54, 1.807) is 0 Å². The first kappa shape index (κ1) is 13.9. The van der Waals surface area contributed by atoms with E-state index < -0.39 is 8.07 Å². The lowest BCUT2D eigenvalue weighted by Crippen LogP contribution is -2.42. The van der Waals surface area contributed by atoms with Crippen molar-refractivity contribution in [2.75, 3.05) is 19.3 Å². The van der Waals surface area contributed by atoms with Crippen LogP contribution in [-0.4, -0.2) is 32.2 Å². The maximum absolute atomic E-state index is 2.63. The monoisotopic (exact) mass is 213 g/mol. The molecule has 0 heterocycles. The topological polar surface area (TPSA) is 3.24 Å². The van der Waals surface area contributed by atoms with Gasteiger partial charge in [0.25, 0.3) is 0 Å². The van der Waals surface area contributed by atoms with E-state index in [0.29, 0.717) is 0 Å². The van der Waals surface area contributed by atoms with Crippen LogP contribution in [0.25, 0.3) is 0 Å². The largest absolute Gasteiger partial charge is 0.306 e. The molecule has 0 aliphatic carbocycles. The molecular formula is C12H27NSi. The van der Waals surface area contributed by atoms with Crippen LogP contribution >= 0.6 is 0 Å². The number of rotatable bonds is 7. The zero-order valence-electron chi connectivity index (χ0n) is 10.6. The Labute approximate surface area is 91.2 Å². The molecule has 0 aliphatic heterocycles. The molecule has 0 radical (unpaired) electrons. The van der Waals surface area contributed by atoms with Gasteiger partial charge in [-0.1, -0.05) is 38.7 Å². The predicted octanol–water partition coefficient (Wildman–Crippen LogP) is 3.47. The van der Waals surface area contributed by atoms with Crippen molar-refractivity contribution in [3.8, 4) is 0 Å². The van der Waals surface area contributed by atoms with Crippen molar-refractivity contribution in [3.63, 3.8) is 0 Å². The van der Waals surface area contributed by atoms with Crippen LogP contribution in [0.15, 0.2) is 11.8 Å². The molecule has 0 aromatic carbocycles. The summed E-state index contributed by atoms with van der Waals surface area (Å²) in [6.07, 6.45) is 6.10. The molecule has 0 bridgehead atoms. The zero-order valence-corrected chi connectivity index (χ0v) is 11.6. The molecule has 0 rings (SSSR count). The first-order valence-electron chi connectivity index (χ1n) is 5.92. The molecular weight excluding hydrogens is 186 g/mol. The number of nitrogens with zero attached hydrogens (tertiary/aromatic N) is 1. The van der Waals surface area contributed by atoms with Crippen LogP contribution in [0.5, 0.6) is 0 Å². The first-order chi connectivity index (χ1) is 6.55. The van der Waals surface area contributed by atoms with Crippen molar-refractivity contribution in [1.29, 1.82) is 0 Å². The van der Waals surface area contributed by atoms with Crippen LogP contribution in [0.2, 0.25) is 13.1 Å². The molecule has 0 aliphatic rings. The molecule has 0 atom stereocenters. The fourth-order valence-electron chi connectivity index (χ4n) is 1.98. The van der Waals surface area contributed by atoms with E-state index in [1.165, 1.54) is 32.1 Å². The minimum atomic E-state index is -1.10. The van der Waals surface area contributed by atoms with Gasteiger partial charge in [0.05, 0.1) is 8.07 Å². The van der Waals surface area contributed by atoms with Gasteiger partial charge in [0.1, 0.15) is 0 Å². The van der Waals surface area contributed by atoms with Gasteiger partial charge < -0.3 is 4.90 Å². The molecule has 0 unspecified atom stereocenters. The maximum atomic E-state index is 2.63. The summed E-state index contributed by atoms with van der Waals surface area (Å²) < 4.78 is 0. The van der Waals surface area contributed by atoms with E-state index in [4.69, 9.17) is 0 Å². The van der Waals surface area contributed by atoms with Crippen LogP contribution in [0, 0.1) is 0 Å². The van der Waals surface area contributed by atoms with Gasteiger partial charge in [0, 0.05) is 0 Å². The fraction of sp³-hybridized carbons (Fsp3) is 0.833. The third-order valence-corrected chi connectivity index (χ3v) is 4.83. The summed E-state index contributed by atoms with van der Waals surface area (Å²) in [6, 6.07) is 0. The molecule has 0 amide bonds. The molecule has 2 heteroatoms. The van der Waals surface area contributed by atoms with Crippen LogP contribution in [-0.2, 0) is 0 Å². The summed E-state index contributed by atoms with van der Waals surface area (Å²) in [5.41, 5.74) is 2.45. The highest BCUT2D eigenvalue weighted by Gasteiger charge is 2.19. The molecule has 84 valence electrons. The van der Waals surface area contributed by atoms with E-state index in [2.05, 4.69) is 50.5 Å². The minimum Gasteiger partial charge on any atom is -0.306 e. The Morgan fingerprint density at radius 3 is 1.93 bits per heavy atom. The highest BCUT2D eigenvalue weighted by atomic mass is 28.3.